The van der Waals surface area contributed by atoms with Gasteiger partial charge in [-0.05, 0) is 80.2 Å². The number of amides is 4. The molecule has 68 heavy (non-hydrogen) atoms. The van der Waals surface area contributed by atoms with Gasteiger partial charge in [0.05, 0.1) is 30.8 Å². The fourth-order valence-electron chi connectivity index (χ4n) is 6.70. The molecule has 0 aromatic heterocycles. The lowest BCUT2D eigenvalue weighted by molar-refractivity contribution is -0.218. The van der Waals surface area contributed by atoms with Crippen LogP contribution in [0.15, 0.2) is 5.11 Å². The second-order valence-electron chi connectivity index (χ2n) is 19.9. The topological polar surface area (TPSA) is 379 Å². The summed E-state index contributed by atoms with van der Waals surface area (Å²) in [6, 6.07) is -3.07. The SMILES string of the molecule is CC(C)[C@H](CC(=O)[C@H](CCC(=O)OC(C)(C)C)NC(=O)[C@H](CC(=O)OC(C)(C)C)CC(=O)C1OC(CNC(=O)CN=[N+]=[N-])C(O)C(O)C1O)C(=O)N[C@@H](CC(=O)OC(C)(C)C)C(=O)CCC(N)=O. The van der Waals surface area contributed by atoms with E-state index in [4.69, 9.17) is 30.2 Å². The third kappa shape index (κ3) is 23.0. The Hall–Kier alpha value is -5.55. The number of rotatable bonds is 26. The number of Topliss-reactive ketones (excluding diaryl/α,β-unsaturated/α-hetero) is 3. The van der Waals surface area contributed by atoms with Gasteiger partial charge in [-0.2, -0.15) is 0 Å². The Morgan fingerprint density at radius 2 is 1.21 bits per heavy atom. The summed E-state index contributed by atoms with van der Waals surface area (Å²) < 4.78 is 21.7. The number of aliphatic hydroxyl groups excluding tert-OH is 3. The lowest BCUT2D eigenvalue weighted by atomic mass is 9.86. The smallest absolute Gasteiger partial charge is 0.308 e. The number of aliphatic hydroxyl groups is 3. The van der Waals surface area contributed by atoms with Gasteiger partial charge in [-0.3, -0.25) is 47.9 Å². The molecule has 5 unspecified atom stereocenters. The van der Waals surface area contributed by atoms with Crippen LogP contribution in [0.4, 0.5) is 0 Å². The predicted octanol–water partition coefficient (Wildman–Crippen LogP) is 0.460. The van der Waals surface area contributed by atoms with E-state index in [2.05, 4.69) is 26.0 Å². The van der Waals surface area contributed by atoms with E-state index >= 15 is 0 Å². The number of ether oxygens (including phenoxy) is 4. The maximum Gasteiger partial charge on any atom is 0.308 e. The summed E-state index contributed by atoms with van der Waals surface area (Å²) in [7, 11) is 0. The Morgan fingerprint density at radius 1 is 0.676 bits per heavy atom. The molecule has 0 saturated carbocycles. The minimum atomic E-state index is -2.07. The molecule has 1 aliphatic rings. The third-order valence-electron chi connectivity index (χ3n) is 9.90. The Morgan fingerprint density at radius 3 is 1.72 bits per heavy atom. The summed E-state index contributed by atoms with van der Waals surface area (Å²) in [5.41, 5.74) is 10.7. The molecular weight excluding hydrogens is 899 g/mol. The van der Waals surface area contributed by atoms with Crippen LogP contribution in [0.3, 0.4) is 0 Å². The average molecular weight is 970 g/mol. The molecule has 1 aliphatic heterocycles. The monoisotopic (exact) mass is 969 g/mol. The van der Waals surface area contributed by atoms with Crippen molar-refractivity contribution in [1.82, 2.24) is 16.0 Å². The molecule has 0 aromatic carbocycles. The first-order chi connectivity index (χ1) is 31.1. The Balaban J connectivity index is 3.62. The van der Waals surface area contributed by atoms with E-state index in [-0.39, 0.29) is 6.42 Å². The minimum absolute atomic E-state index is 0.383. The Bertz CT molecular complexity index is 1880. The van der Waals surface area contributed by atoms with Crippen molar-refractivity contribution in [3.05, 3.63) is 10.4 Å². The van der Waals surface area contributed by atoms with E-state index in [1.165, 1.54) is 0 Å². The maximum atomic E-state index is 14.3. The first-order valence-corrected chi connectivity index (χ1v) is 22.2. The highest BCUT2D eigenvalue weighted by molar-refractivity contribution is 5.98. The van der Waals surface area contributed by atoms with Gasteiger partial charge in [0.15, 0.2) is 17.3 Å². The molecule has 1 saturated heterocycles. The number of nitrogens with two attached hydrogens (primary N) is 1. The summed E-state index contributed by atoms with van der Waals surface area (Å²) in [4.78, 5) is 134. The van der Waals surface area contributed by atoms with Crippen LogP contribution in [0.25, 0.3) is 10.4 Å². The van der Waals surface area contributed by atoms with Crippen molar-refractivity contribution < 1.29 is 82.2 Å². The largest absolute Gasteiger partial charge is 0.460 e. The van der Waals surface area contributed by atoms with Gasteiger partial charge in [-0.15, -0.1) is 0 Å². The molecule has 0 bridgehead atoms. The number of ketones is 3. The Kier molecular flexibility index (Phi) is 23.9. The molecule has 1 fully saturated rings. The number of carbonyl (C=O) groups is 10. The zero-order valence-corrected chi connectivity index (χ0v) is 40.8. The highest BCUT2D eigenvalue weighted by Crippen LogP contribution is 2.26. The highest BCUT2D eigenvalue weighted by atomic mass is 16.6. The standard InChI is InChI=1S/C44H71N7O17/c1-22(2)24(41(64)50-26(27(52)13-14-31(45)55)19-35(59)68-44(9,10)11)18-28(53)25(12-15-33(57)66-42(3,4)5)49-40(63)23(17-34(58)67-43(6,7)8)16-29(54)39-38(62)37(61)36(60)30(65-39)20-47-32(56)21-48-51-46/h22-26,30,36-39,60-62H,12-21H2,1-11H3,(H2,45,55)(H,47,56)(H,49,63)(H,50,64)/t23-,24-,25-,26-,30?,36?,37?,38?,39?/m0/s1. The summed E-state index contributed by atoms with van der Waals surface area (Å²) in [5, 5.41) is 42.4. The Labute approximate surface area is 395 Å². The lowest BCUT2D eigenvalue weighted by Gasteiger charge is -2.40. The van der Waals surface area contributed by atoms with Crippen molar-refractivity contribution in [2.75, 3.05) is 13.1 Å². The van der Waals surface area contributed by atoms with Gasteiger partial charge >= 0.3 is 17.9 Å². The number of nitrogens with one attached hydrogen (secondary N) is 3. The molecule has 1 heterocycles. The van der Waals surface area contributed by atoms with Crippen LogP contribution in [-0.4, -0.2) is 147 Å². The van der Waals surface area contributed by atoms with E-state index in [1.54, 1.807) is 76.2 Å². The van der Waals surface area contributed by atoms with E-state index < -0.39 is 194 Å². The third-order valence-corrected chi connectivity index (χ3v) is 9.90. The van der Waals surface area contributed by atoms with E-state index in [0.717, 1.165) is 0 Å². The van der Waals surface area contributed by atoms with Crippen LogP contribution in [0.5, 0.6) is 0 Å². The second-order valence-corrected chi connectivity index (χ2v) is 19.9. The molecule has 0 spiro atoms. The fourth-order valence-corrected chi connectivity index (χ4v) is 6.70. The lowest BCUT2D eigenvalue weighted by Crippen LogP contribution is -2.62. The average Bonchev–Trinajstić information content (AvgIpc) is 3.18. The summed E-state index contributed by atoms with van der Waals surface area (Å²) in [5.74, 6) is -12.2. The first kappa shape index (κ1) is 60.5. The molecule has 0 aromatic rings. The number of esters is 3. The zero-order valence-electron chi connectivity index (χ0n) is 40.8. The molecule has 24 heteroatoms. The van der Waals surface area contributed by atoms with Gasteiger partial charge in [-0.25, -0.2) is 0 Å². The quantitative estimate of drug-likeness (QED) is 0.0203. The normalized spacial score (nSPS) is 20.2. The number of hydrogen-bond acceptors (Lipinski definition) is 18. The maximum absolute atomic E-state index is 14.3. The van der Waals surface area contributed by atoms with Crippen molar-refractivity contribution in [3.63, 3.8) is 0 Å². The van der Waals surface area contributed by atoms with Crippen molar-refractivity contribution in [2.45, 2.75) is 187 Å². The highest BCUT2D eigenvalue weighted by Gasteiger charge is 2.47. The van der Waals surface area contributed by atoms with Crippen LogP contribution >= 0.6 is 0 Å². The molecule has 9 atom stereocenters. The second kappa shape index (κ2) is 26.9. The first-order valence-electron chi connectivity index (χ1n) is 22.2. The number of carbonyl (C=O) groups excluding carboxylic acids is 10. The number of nitrogens with zero attached hydrogens (tertiary/aromatic N) is 3. The van der Waals surface area contributed by atoms with Gasteiger partial charge in [0, 0.05) is 49.5 Å². The van der Waals surface area contributed by atoms with E-state index in [1.807, 2.05) is 0 Å². The van der Waals surface area contributed by atoms with E-state index in [9.17, 15) is 63.3 Å². The van der Waals surface area contributed by atoms with Gasteiger partial charge < -0.3 is 56.0 Å². The molecule has 8 N–H and O–H groups in total. The van der Waals surface area contributed by atoms with Crippen LogP contribution in [0.2, 0.25) is 0 Å². The van der Waals surface area contributed by atoms with Gasteiger partial charge in [-0.1, -0.05) is 19.0 Å². The summed E-state index contributed by atoms with van der Waals surface area (Å²) in [6.45, 7) is 16.2. The number of hydrogen-bond donors (Lipinski definition) is 7. The summed E-state index contributed by atoms with van der Waals surface area (Å²) in [6.07, 6.45) is -13.9. The van der Waals surface area contributed by atoms with Crippen LogP contribution in [0, 0.1) is 17.8 Å². The minimum Gasteiger partial charge on any atom is -0.460 e. The number of primary amides is 1. The molecule has 1 rings (SSSR count). The summed E-state index contributed by atoms with van der Waals surface area (Å²) >= 11 is 0. The van der Waals surface area contributed by atoms with Gasteiger partial charge in [0.1, 0.15) is 53.9 Å². The molecular formula is C44H71N7O17. The van der Waals surface area contributed by atoms with Crippen molar-refractivity contribution in [2.24, 2.45) is 28.6 Å². The van der Waals surface area contributed by atoms with Gasteiger partial charge in [0.25, 0.3) is 0 Å². The molecule has 24 nitrogen and oxygen atoms in total. The van der Waals surface area contributed by atoms with E-state index in [0.29, 0.717) is 0 Å². The van der Waals surface area contributed by atoms with Crippen molar-refractivity contribution in [1.29, 1.82) is 0 Å². The number of azide groups is 1. The van der Waals surface area contributed by atoms with Crippen molar-refractivity contribution >= 4 is 58.9 Å². The molecule has 384 valence electrons. The predicted molar refractivity (Wildman–Crippen MR) is 238 cm³/mol. The van der Waals surface area contributed by atoms with Crippen LogP contribution in [0.1, 0.15) is 128 Å². The van der Waals surface area contributed by atoms with Gasteiger partial charge in [0.2, 0.25) is 23.6 Å². The zero-order chi connectivity index (χ0) is 52.5. The van der Waals surface area contributed by atoms with Crippen LogP contribution < -0.4 is 21.7 Å². The molecule has 0 aliphatic carbocycles. The molecule has 0 radical (unpaired) electrons. The molecule has 4 amide bonds. The van der Waals surface area contributed by atoms with Crippen molar-refractivity contribution in [3.8, 4) is 0 Å². The fraction of sp³-hybridized carbons (Fsp3) is 0.773. The van der Waals surface area contributed by atoms with Crippen LogP contribution in [-0.2, 0) is 66.9 Å².